The topological polar surface area (TPSA) is 46.2 Å². The van der Waals surface area contributed by atoms with Gasteiger partial charge in [-0.15, -0.1) is 0 Å². The molecule has 0 aliphatic heterocycles. The fraction of sp³-hybridized carbons (Fsp3) is 1.00. The van der Waals surface area contributed by atoms with Crippen LogP contribution in [-0.4, -0.2) is 33.5 Å². The van der Waals surface area contributed by atoms with Crippen molar-refractivity contribution in [2.75, 3.05) is 25.1 Å². The molecule has 1 saturated carbocycles. The molecule has 2 atom stereocenters. The Morgan fingerprint density at radius 3 is 2.35 bits per heavy atom. The van der Waals surface area contributed by atoms with Gasteiger partial charge in [0.05, 0.1) is 0 Å². The molecular weight excluding hydrogens is 234 g/mol. The van der Waals surface area contributed by atoms with E-state index < -0.39 is 9.84 Å². The van der Waals surface area contributed by atoms with E-state index in [2.05, 4.69) is 19.2 Å². The van der Waals surface area contributed by atoms with Crippen LogP contribution in [0.25, 0.3) is 0 Å². The SMILES string of the molecule is CC(C)CNCC1CCC1CCCS(C)(=O)=O. The first kappa shape index (κ1) is 15.0. The largest absolute Gasteiger partial charge is 0.316 e. The summed E-state index contributed by atoms with van der Waals surface area (Å²) in [6, 6.07) is 0. The van der Waals surface area contributed by atoms with E-state index in [4.69, 9.17) is 0 Å². The van der Waals surface area contributed by atoms with Gasteiger partial charge in [0.1, 0.15) is 9.84 Å². The Balaban J connectivity index is 2.10. The lowest BCUT2D eigenvalue weighted by Crippen LogP contribution is -2.36. The zero-order valence-electron chi connectivity index (χ0n) is 11.4. The fourth-order valence-corrected chi connectivity index (χ4v) is 3.14. The Morgan fingerprint density at radius 1 is 1.24 bits per heavy atom. The van der Waals surface area contributed by atoms with Gasteiger partial charge >= 0.3 is 0 Å². The van der Waals surface area contributed by atoms with Gasteiger partial charge in [0, 0.05) is 12.0 Å². The quantitative estimate of drug-likeness (QED) is 0.727. The molecule has 1 aliphatic rings. The highest BCUT2D eigenvalue weighted by Gasteiger charge is 2.29. The highest BCUT2D eigenvalue weighted by molar-refractivity contribution is 7.90. The highest BCUT2D eigenvalue weighted by Crippen LogP contribution is 2.37. The Bertz CT molecular complexity index is 311. The molecule has 17 heavy (non-hydrogen) atoms. The zero-order chi connectivity index (χ0) is 12.9. The van der Waals surface area contributed by atoms with E-state index in [-0.39, 0.29) is 0 Å². The summed E-state index contributed by atoms with van der Waals surface area (Å²) in [5, 5.41) is 3.51. The molecule has 102 valence electrons. The van der Waals surface area contributed by atoms with Crippen molar-refractivity contribution < 1.29 is 8.42 Å². The number of sulfone groups is 1. The van der Waals surface area contributed by atoms with Crippen LogP contribution in [0.5, 0.6) is 0 Å². The van der Waals surface area contributed by atoms with Crippen LogP contribution in [0, 0.1) is 17.8 Å². The lowest BCUT2D eigenvalue weighted by Gasteiger charge is -2.37. The molecule has 2 unspecified atom stereocenters. The van der Waals surface area contributed by atoms with Crippen molar-refractivity contribution >= 4 is 9.84 Å². The average molecular weight is 261 g/mol. The van der Waals surface area contributed by atoms with E-state index in [0.29, 0.717) is 11.7 Å². The molecule has 0 heterocycles. The second-order valence-electron chi connectivity index (χ2n) is 5.92. The number of nitrogens with one attached hydrogen (secondary N) is 1. The number of rotatable bonds is 8. The van der Waals surface area contributed by atoms with Crippen LogP contribution in [0.1, 0.15) is 39.5 Å². The second-order valence-corrected chi connectivity index (χ2v) is 8.18. The Labute approximate surface area is 106 Å². The predicted molar refractivity (Wildman–Crippen MR) is 72.9 cm³/mol. The summed E-state index contributed by atoms with van der Waals surface area (Å²) >= 11 is 0. The van der Waals surface area contributed by atoms with E-state index >= 15 is 0 Å². The Hall–Kier alpha value is -0.0900. The predicted octanol–water partition coefficient (Wildman–Crippen LogP) is 2.08. The van der Waals surface area contributed by atoms with Crippen molar-refractivity contribution in [3.05, 3.63) is 0 Å². The Morgan fingerprint density at radius 2 is 1.88 bits per heavy atom. The minimum absolute atomic E-state index is 0.357. The smallest absolute Gasteiger partial charge is 0.147 e. The first-order chi connectivity index (χ1) is 7.88. The van der Waals surface area contributed by atoms with E-state index in [0.717, 1.165) is 37.8 Å². The molecule has 0 aromatic rings. The third-order valence-electron chi connectivity index (χ3n) is 3.62. The molecule has 0 aromatic heterocycles. The van der Waals surface area contributed by atoms with Gasteiger partial charge in [0.25, 0.3) is 0 Å². The average Bonchev–Trinajstić information content (AvgIpc) is 2.15. The van der Waals surface area contributed by atoms with Crippen LogP contribution in [-0.2, 0) is 9.84 Å². The van der Waals surface area contributed by atoms with Crippen molar-refractivity contribution in [2.45, 2.75) is 39.5 Å². The van der Waals surface area contributed by atoms with Crippen LogP contribution in [0.4, 0.5) is 0 Å². The maximum atomic E-state index is 11.0. The molecule has 1 N–H and O–H groups in total. The van der Waals surface area contributed by atoms with Gasteiger partial charge in [0.15, 0.2) is 0 Å². The van der Waals surface area contributed by atoms with E-state index in [1.165, 1.54) is 19.1 Å². The molecule has 3 nitrogen and oxygen atoms in total. The number of hydrogen-bond donors (Lipinski definition) is 1. The van der Waals surface area contributed by atoms with Crippen LogP contribution < -0.4 is 5.32 Å². The van der Waals surface area contributed by atoms with E-state index in [1.807, 2.05) is 0 Å². The lowest BCUT2D eigenvalue weighted by molar-refractivity contribution is 0.158. The standard InChI is InChI=1S/C13H27NO2S/c1-11(2)9-14-10-13-7-6-12(13)5-4-8-17(3,15)16/h11-14H,4-10H2,1-3H3. The van der Waals surface area contributed by atoms with Gasteiger partial charge in [-0.25, -0.2) is 8.42 Å². The molecule has 0 saturated heterocycles. The molecule has 0 aromatic carbocycles. The molecule has 1 fully saturated rings. The van der Waals surface area contributed by atoms with Crippen LogP contribution >= 0.6 is 0 Å². The fourth-order valence-electron chi connectivity index (χ4n) is 2.45. The molecule has 0 bridgehead atoms. The van der Waals surface area contributed by atoms with Gasteiger partial charge in [-0.2, -0.15) is 0 Å². The van der Waals surface area contributed by atoms with Crippen molar-refractivity contribution in [1.82, 2.24) is 5.32 Å². The maximum Gasteiger partial charge on any atom is 0.147 e. The maximum absolute atomic E-state index is 11.0. The second kappa shape index (κ2) is 6.74. The monoisotopic (exact) mass is 261 g/mol. The molecule has 0 amide bonds. The van der Waals surface area contributed by atoms with E-state index in [9.17, 15) is 8.42 Å². The first-order valence-corrected chi connectivity index (χ1v) is 8.83. The van der Waals surface area contributed by atoms with Crippen molar-refractivity contribution in [2.24, 2.45) is 17.8 Å². The van der Waals surface area contributed by atoms with Crippen LogP contribution in [0.2, 0.25) is 0 Å². The van der Waals surface area contributed by atoms with E-state index in [1.54, 1.807) is 0 Å². The summed E-state index contributed by atoms with van der Waals surface area (Å²) in [5.74, 6) is 2.61. The van der Waals surface area contributed by atoms with Crippen molar-refractivity contribution in [3.8, 4) is 0 Å². The molecule has 4 heteroatoms. The normalized spacial score (nSPS) is 24.9. The Kier molecular flexibility index (Phi) is 5.93. The summed E-state index contributed by atoms with van der Waals surface area (Å²) in [6.45, 7) is 6.64. The van der Waals surface area contributed by atoms with Gasteiger partial charge in [-0.05, 0) is 56.5 Å². The van der Waals surface area contributed by atoms with Crippen molar-refractivity contribution in [3.63, 3.8) is 0 Å². The van der Waals surface area contributed by atoms with Gasteiger partial charge in [0.2, 0.25) is 0 Å². The van der Waals surface area contributed by atoms with Crippen molar-refractivity contribution in [1.29, 1.82) is 0 Å². The third-order valence-corrected chi connectivity index (χ3v) is 4.65. The van der Waals surface area contributed by atoms with Crippen LogP contribution in [0.15, 0.2) is 0 Å². The molecule has 0 radical (unpaired) electrons. The lowest BCUT2D eigenvalue weighted by atomic mass is 9.71. The summed E-state index contributed by atoms with van der Waals surface area (Å²) in [6.07, 6.45) is 5.85. The highest BCUT2D eigenvalue weighted by atomic mass is 32.2. The van der Waals surface area contributed by atoms with Crippen LogP contribution in [0.3, 0.4) is 0 Å². The minimum atomic E-state index is -2.77. The third kappa shape index (κ3) is 6.41. The molecule has 1 rings (SSSR count). The van der Waals surface area contributed by atoms with Gasteiger partial charge in [-0.3, -0.25) is 0 Å². The molecule has 1 aliphatic carbocycles. The van der Waals surface area contributed by atoms with Gasteiger partial charge < -0.3 is 5.32 Å². The molecule has 0 spiro atoms. The molecular formula is C13H27NO2S. The summed E-state index contributed by atoms with van der Waals surface area (Å²) in [7, 11) is -2.77. The minimum Gasteiger partial charge on any atom is -0.316 e. The summed E-state index contributed by atoms with van der Waals surface area (Å²) < 4.78 is 22.1. The summed E-state index contributed by atoms with van der Waals surface area (Å²) in [5.41, 5.74) is 0. The van der Waals surface area contributed by atoms with Gasteiger partial charge in [-0.1, -0.05) is 13.8 Å². The summed E-state index contributed by atoms with van der Waals surface area (Å²) in [4.78, 5) is 0. The zero-order valence-corrected chi connectivity index (χ0v) is 12.2. The first-order valence-electron chi connectivity index (χ1n) is 6.77. The number of hydrogen-bond acceptors (Lipinski definition) is 3.